The predicted molar refractivity (Wildman–Crippen MR) is 196 cm³/mol. The van der Waals surface area contributed by atoms with Crippen LogP contribution in [0.4, 0.5) is 0 Å². The molecule has 5 heterocycles. The number of rotatable bonds is 6. The lowest BCUT2D eigenvalue weighted by Crippen LogP contribution is -2.45. The van der Waals surface area contributed by atoms with Crippen molar-refractivity contribution in [3.05, 3.63) is 32.2 Å². The highest BCUT2D eigenvalue weighted by molar-refractivity contribution is 7.10. The zero-order valence-electron chi connectivity index (χ0n) is 30.7. The molecule has 5 rings (SSSR count). The molecule has 0 radical (unpaired) electrons. The topological polar surface area (TPSA) is 185 Å². The largest absolute Gasteiger partial charge is 0.477 e. The first-order valence-corrected chi connectivity index (χ1v) is 19.6. The number of thiazole rings is 2. The van der Waals surface area contributed by atoms with Crippen molar-refractivity contribution in [2.24, 2.45) is 33.7 Å². The molecule has 4 amide bonds. The Bertz CT molecular complexity index is 1670. The third-order valence-corrected chi connectivity index (χ3v) is 11.6. The third-order valence-electron chi connectivity index (χ3n) is 9.76. The monoisotopic (exact) mass is 742 g/mol. The lowest BCUT2D eigenvalue weighted by molar-refractivity contribution is -0.125. The van der Waals surface area contributed by atoms with E-state index in [9.17, 15) is 19.2 Å². The Morgan fingerprint density at radius 1 is 0.706 bits per heavy atom. The van der Waals surface area contributed by atoms with Gasteiger partial charge in [0, 0.05) is 10.8 Å². The Labute approximate surface area is 307 Å². The molecule has 14 nitrogen and oxygen atoms in total. The Morgan fingerprint density at radius 2 is 1.20 bits per heavy atom. The summed E-state index contributed by atoms with van der Waals surface area (Å²) >= 11 is 2.57. The lowest BCUT2D eigenvalue weighted by Gasteiger charge is -2.24. The van der Waals surface area contributed by atoms with Gasteiger partial charge < -0.3 is 30.7 Å². The maximum atomic E-state index is 13.8. The van der Waals surface area contributed by atoms with E-state index in [1.165, 1.54) is 22.7 Å². The molecule has 4 N–H and O–H groups in total. The molecule has 3 aliphatic rings. The molecular formula is C35H50N8O6S2. The van der Waals surface area contributed by atoms with Crippen LogP contribution in [-0.2, 0) is 19.1 Å². The van der Waals surface area contributed by atoms with Crippen molar-refractivity contribution in [3.63, 3.8) is 0 Å². The smallest absolute Gasteiger partial charge is 0.271 e. The third kappa shape index (κ3) is 8.43. The standard InChI is InChI=1S/C35H50N8O6S2/c1-10-17(7)25-32-36-20(12-48-32)28(44)39-23(15(3)4)34-37-22(14-50-34)30(46)42-26(18(8)11-2)33-43-27(19(9)49-33)31(47)40-24(16(5)6)35-38-21(13-51-35)29(45)41-25/h13-20,23-27H,10-12H2,1-9H3,(H,39,44)(H,40,47)(H,41,45)(H,42,46)/t17-,18-,19+,20-,23+,24+,25?,26-,27-/m0/s1. The van der Waals surface area contributed by atoms with Crippen LogP contribution in [0.25, 0.3) is 0 Å². The van der Waals surface area contributed by atoms with Gasteiger partial charge in [0.25, 0.3) is 11.8 Å². The van der Waals surface area contributed by atoms with Crippen molar-refractivity contribution in [1.82, 2.24) is 31.2 Å². The average Bonchev–Trinajstić information content (AvgIpc) is 3.92. The number of fused-ring (bicyclic) bond motifs is 6. The fourth-order valence-corrected chi connectivity index (χ4v) is 8.07. The Kier molecular flexibility index (Phi) is 12.2. The highest BCUT2D eigenvalue weighted by Gasteiger charge is 2.40. The zero-order valence-corrected chi connectivity index (χ0v) is 32.3. The summed E-state index contributed by atoms with van der Waals surface area (Å²) in [5.74, 6) is -1.15. The number of aromatic nitrogens is 2. The van der Waals surface area contributed by atoms with Crippen molar-refractivity contribution in [2.75, 3.05) is 6.61 Å². The van der Waals surface area contributed by atoms with Crippen LogP contribution in [0.2, 0.25) is 0 Å². The van der Waals surface area contributed by atoms with E-state index in [1.807, 2.05) is 55.4 Å². The number of aliphatic imine (C=N–C) groups is 2. The second-order valence-corrected chi connectivity index (χ2v) is 16.1. The first-order chi connectivity index (χ1) is 24.2. The number of carbonyl (C=O) groups excluding carboxylic acids is 4. The van der Waals surface area contributed by atoms with Crippen molar-refractivity contribution in [1.29, 1.82) is 0 Å². The molecule has 9 atom stereocenters. The molecule has 0 aliphatic carbocycles. The first-order valence-electron chi connectivity index (χ1n) is 17.8. The molecule has 3 aliphatic heterocycles. The van der Waals surface area contributed by atoms with E-state index >= 15 is 0 Å². The van der Waals surface area contributed by atoms with E-state index in [4.69, 9.17) is 14.5 Å². The number of hydrogen-bond acceptors (Lipinski definition) is 12. The van der Waals surface area contributed by atoms with E-state index in [-0.39, 0.29) is 65.3 Å². The zero-order chi connectivity index (χ0) is 37.1. The number of carbonyl (C=O) groups is 4. The van der Waals surface area contributed by atoms with E-state index in [2.05, 4.69) is 36.2 Å². The van der Waals surface area contributed by atoms with E-state index in [0.717, 1.165) is 6.42 Å². The Balaban J connectivity index is 1.53. The second kappa shape index (κ2) is 16.2. The number of ether oxygens (including phenoxy) is 2. The van der Waals surface area contributed by atoms with Crippen LogP contribution < -0.4 is 21.3 Å². The molecular weight excluding hydrogens is 693 g/mol. The number of hydrogen-bond donors (Lipinski definition) is 4. The molecule has 0 saturated carbocycles. The van der Waals surface area contributed by atoms with Gasteiger partial charge in [0.15, 0.2) is 12.1 Å². The molecule has 0 saturated heterocycles. The molecule has 16 heteroatoms. The Morgan fingerprint density at radius 3 is 1.69 bits per heavy atom. The fraction of sp³-hybridized carbons (Fsp3) is 0.657. The van der Waals surface area contributed by atoms with Crippen LogP contribution >= 0.6 is 22.7 Å². The summed E-state index contributed by atoms with van der Waals surface area (Å²) in [5.41, 5.74) is 0.413. The van der Waals surface area contributed by atoms with Crippen molar-refractivity contribution >= 4 is 58.1 Å². The van der Waals surface area contributed by atoms with Gasteiger partial charge >= 0.3 is 0 Å². The molecule has 2 aromatic rings. The predicted octanol–water partition coefficient (Wildman–Crippen LogP) is 4.21. The van der Waals surface area contributed by atoms with Gasteiger partial charge in [0.2, 0.25) is 23.6 Å². The maximum absolute atomic E-state index is 13.8. The summed E-state index contributed by atoms with van der Waals surface area (Å²) in [6.07, 6.45) is 0.849. The second-order valence-electron chi connectivity index (χ2n) is 14.3. The van der Waals surface area contributed by atoms with E-state index < -0.39 is 54.2 Å². The molecule has 278 valence electrons. The van der Waals surface area contributed by atoms with Crippen LogP contribution in [0.15, 0.2) is 20.7 Å². The van der Waals surface area contributed by atoms with Gasteiger partial charge in [-0.25, -0.2) is 20.0 Å². The van der Waals surface area contributed by atoms with Gasteiger partial charge in [0.1, 0.15) is 46.2 Å². The molecule has 0 fully saturated rings. The van der Waals surface area contributed by atoms with Crippen molar-refractivity contribution in [3.8, 4) is 0 Å². The minimum atomic E-state index is -0.855. The van der Waals surface area contributed by atoms with Crippen molar-refractivity contribution in [2.45, 2.75) is 118 Å². The van der Waals surface area contributed by atoms with Gasteiger partial charge in [-0.3, -0.25) is 19.2 Å². The molecule has 0 spiro atoms. The first kappa shape index (κ1) is 38.3. The average molecular weight is 743 g/mol. The van der Waals surface area contributed by atoms with Crippen LogP contribution in [0, 0.1) is 23.7 Å². The summed E-state index contributed by atoms with van der Waals surface area (Å²) in [5, 5.41) is 16.7. The minimum absolute atomic E-state index is 0.0273. The highest BCUT2D eigenvalue weighted by atomic mass is 32.1. The highest BCUT2D eigenvalue weighted by Crippen LogP contribution is 2.29. The van der Waals surface area contributed by atoms with Gasteiger partial charge in [0.05, 0.1) is 12.1 Å². The SMILES string of the molecule is CC[C@H](C)C1NC(=O)c2csc(n2)[C@@H](C(C)C)NC(=O)[C@H]2N=C(O[C@@H]2C)[C@H]([C@@H](C)CC)NC(=O)c2csc(n2)[C@@H](C(C)C)NC(=O)[C@@H]2COC1=N2. The van der Waals surface area contributed by atoms with E-state index in [1.54, 1.807) is 17.7 Å². The van der Waals surface area contributed by atoms with Gasteiger partial charge in [-0.2, -0.15) is 0 Å². The van der Waals surface area contributed by atoms with Gasteiger partial charge in [-0.15, -0.1) is 22.7 Å². The molecule has 0 aromatic carbocycles. The van der Waals surface area contributed by atoms with Crippen LogP contribution in [0.5, 0.6) is 0 Å². The van der Waals surface area contributed by atoms with Gasteiger partial charge in [-0.1, -0.05) is 68.2 Å². The quantitative estimate of drug-likeness (QED) is 0.339. The molecule has 8 bridgehead atoms. The molecule has 51 heavy (non-hydrogen) atoms. The van der Waals surface area contributed by atoms with Crippen LogP contribution in [0.3, 0.4) is 0 Å². The van der Waals surface area contributed by atoms with E-state index in [0.29, 0.717) is 16.4 Å². The summed E-state index contributed by atoms with van der Waals surface area (Å²) in [6, 6.07) is -3.85. The summed E-state index contributed by atoms with van der Waals surface area (Å²) < 4.78 is 12.1. The van der Waals surface area contributed by atoms with Crippen LogP contribution in [-0.4, -0.2) is 82.3 Å². The molecule has 2 aromatic heterocycles. The lowest BCUT2D eigenvalue weighted by atomic mass is 9.98. The summed E-state index contributed by atoms with van der Waals surface area (Å²) in [4.78, 5) is 73.2. The number of nitrogens with one attached hydrogen (secondary N) is 4. The Hall–Kier alpha value is -3.92. The van der Waals surface area contributed by atoms with Crippen LogP contribution in [0.1, 0.15) is 118 Å². The van der Waals surface area contributed by atoms with Crippen molar-refractivity contribution < 1.29 is 28.7 Å². The fourth-order valence-electron chi connectivity index (χ4n) is 6.03. The minimum Gasteiger partial charge on any atom is -0.477 e. The van der Waals surface area contributed by atoms with Gasteiger partial charge in [-0.05, 0) is 30.6 Å². The summed E-state index contributed by atoms with van der Waals surface area (Å²) in [7, 11) is 0. The number of nitrogens with zero attached hydrogens (tertiary/aromatic N) is 4. The maximum Gasteiger partial charge on any atom is 0.271 e. The molecule has 1 unspecified atom stereocenters. The number of amides is 4. The summed E-state index contributed by atoms with van der Waals surface area (Å²) in [6.45, 7) is 17.6. The normalized spacial score (nSPS) is 28.7.